The minimum absolute atomic E-state index is 0.0900. The van der Waals surface area contributed by atoms with Crippen molar-refractivity contribution in [3.05, 3.63) is 100 Å². The highest BCUT2D eigenvalue weighted by molar-refractivity contribution is 6.31. The second-order valence-electron chi connectivity index (χ2n) is 15.7. The van der Waals surface area contributed by atoms with Crippen molar-refractivity contribution in [1.29, 1.82) is 0 Å². The highest BCUT2D eigenvalue weighted by Gasteiger charge is 2.33. The number of piperazine rings is 1. The van der Waals surface area contributed by atoms with Gasteiger partial charge in [0.2, 0.25) is 5.91 Å². The average molecular weight is 799 g/mol. The van der Waals surface area contributed by atoms with Crippen molar-refractivity contribution >= 4 is 52.0 Å². The number of halogens is 2. The zero-order valence-electron chi connectivity index (χ0n) is 32.4. The lowest BCUT2D eigenvalue weighted by Crippen LogP contribution is -2.53. The van der Waals surface area contributed by atoms with E-state index in [2.05, 4.69) is 26.7 Å². The van der Waals surface area contributed by atoms with Gasteiger partial charge in [-0.2, -0.15) is 0 Å². The maximum Gasteiger partial charge on any atom is 0.410 e. The van der Waals surface area contributed by atoms with Gasteiger partial charge in [-0.15, -0.1) is 0 Å². The summed E-state index contributed by atoms with van der Waals surface area (Å²) >= 11 is 12.7. The lowest BCUT2D eigenvalue weighted by molar-refractivity contribution is -0.138. The number of likely N-dealkylation sites (tertiary alicyclic amines) is 1. The van der Waals surface area contributed by atoms with Gasteiger partial charge in [0.1, 0.15) is 11.3 Å². The highest BCUT2D eigenvalue weighted by atomic mass is 35.5. The molecular weight excluding hydrogens is 749 g/mol. The molecule has 0 radical (unpaired) electrons. The smallest absolute Gasteiger partial charge is 0.410 e. The van der Waals surface area contributed by atoms with Gasteiger partial charge in [-0.3, -0.25) is 14.5 Å². The molecule has 2 saturated heterocycles. The number of nitrogens with one attached hydrogen (secondary N) is 2. The van der Waals surface area contributed by atoms with Crippen LogP contribution in [0.3, 0.4) is 0 Å². The molecule has 3 amide bonds. The molecule has 2 aromatic heterocycles. The average Bonchev–Trinajstić information content (AvgIpc) is 3.79. The summed E-state index contributed by atoms with van der Waals surface area (Å²) in [5.41, 5.74) is 4.93. The van der Waals surface area contributed by atoms with E-state index in [1.165, 1.54) is 0 Å². The SMILES string of the molecule is C[C@@H](c1ccc(Cl)cc1)n1cnc(-c2ccccc2)c1-c1c(C(=O)NCCN2CCN(C(=O)C3CCN(C(=O)OC(C)(C)C)CC3)CC2)[nH]c2cc(Cl)ccc12. The first-order chi connectivity index (χ1) is 26.9. The Morgan fingerprint density at radius 3 is 2.25 bits per heavy atom. The maximum absolute atomic E-state index is 14.2. The Kier molecular flexibility index (Phi) is 11.8. The summed E-state index contributed by atoms with van der Waals surface area (Å²) in [6, 6.07) is 23.3. The fraction of sp³-hybridized carbons (Fsp3) is 0.395. The van der Waals surface area contributed by atoms with Gasteiger partial charge in [-0.1, -0.05) is 71.7 Å². The van der Waals surface area contributed by atoms with Crippen LogP contribution in [0.4, 0.5) is 4.79 Å². The number of ether oxygens (including phenoxy) is 1. The molecule has 5 aromatic rings. The summed E-state index contributed by atoms with van der Waals surface area (Å²) in [5, 5.41) is 5.25. The van der Waals surface area contributed by atoms with Crippen LogP contribution in [0.1, 0.15) is 62.6 Å². The zero-order chi connectivity index (χ0) is 39.6. The van der Waals surface area contributed by atoms with E-state index in [4.69, 9.17) is 32.9 Å². The number of nitrogens with zero attached hydrogens (tertiary/aromatic N) is 5. The van der Waals surface area contributed by atoms with Crippen molar-refractivity contribution in [2.75, 3.05) is 52.4 Å². The molecule has 0 spiro atoms. The quantitative estimate of drug-likeness (QED) is 0.156. The van der Waals surface area contributed by atoms with Crippen molar-refractivity contribution in [2.45, 2.75) is 52.2 Å². The van der Waals surface area contributed by atoms with Gasteiger partial charge >= 0.3 is 6.09 Å². The molecule has 0 bridgehead atoms. The van der Waals surface area contributed by atoms with E-state index in [9.17, 15) is 14.4 Å². The zero-order valence-corrected chi connectivity index (χ0v) is 33.9. The Hall–Kier alpha value is -4.84. The first-order valence-corrected chi connectivity index (χ1v) is 20.1. The molecule has 2 fully saturated rings. The van der Waals surface area contributed by atoms with E-state index < -0.39 is 5.60 Å². The van der Waals surface area contributed by atoms with Crippen molar-refractivity contribution < 1.29 is 19.1 Å². The monoisotopic (exact) mass is 797 g/mol. The summed E-state index contributed by atoms with van der Waals surface area (Å²) in [6.07, 6.45) is 2.80. The minimum Gasteiger partial charge on any atom is -0.444 e. The van der Waals surface area contributed by atoms with E-state index in [0.29, 0.717) is 67.8 Å². The van der Waals surface area contributed by atoms with Gasteiger partial charge < -0.3 is 29.4 Å². The number of hydrogen-bond donors (Lipinski definition) is 2. The number of imidazole rings is 1. The molecule has 0 aliphatic carbocycles. The molecule has 2 aliphatic rings. The molecule has 0 unspecified atom stereocenters. The number of aromatic nitrogens is 3. The number of H-pyrrole nitrogens is 1. The molecule has 294 valence electrons. The number of fused-ring (bicyclic) bond motifs is 1. The third-order valence-corrected chi connectivity index (χ3v) is 11.2. The number of carbonyl (C=O) groups is 3. The molecular formula is C43H49Cl2N7O4. The van der Waals surface area contributed by atoms with Crippen LogP contribution in [0, 0.1) is 5.92 Å². The summed E-state index contributed by atoms with van der Waals surface area (Å²) in [7, 11) is 0. The van der Waals surface area contributed by atoms with Crippen LogP contribution < -0.4 is 5.32 Å². The van der Waals surface area contributed by atoms with Crippen molar-refractivity contribution in [1.82, 2.24) is 34.6 Å². The number of aromatic amines is 1. The Labute approximate surface area is 337 Å². The Bertz CT molecular complexity index is 2180. The van der Waals surface area contributed by atoms with Crippen molar-refractivity contribution in [3.8, 4) is 22.5 Å². The number of amides is 3. The number of rotatable bonds is 9. The predicted molar refractivity (Wildman–Crippen MR) is 221 cm³/mol. The third kappa shape index (κ3) is 8.75. The molecule has 11 nitrogen and oxygen atoms in total. The van der Waals surface area contributed by atoms with Crippen LogP contribution in [0.5, 0.6) is 0 Å². The number of benzene rings is 3. The topological polar surface area (TPSA) is 116 Å². The third-order valence-electron chi connectivity index (χ3n) is 10.7. The van der Waals surface area contributed by atoms with Gasteiger partial charge in [0.15, 0.2) is 0 Å². The standard InChI is InChI=1S/C43H49Cl2N7O4/c1-28(29-10-12-32(44)13-11-29)52-27-47-37(30-8-6-5-7-9-30)39(52)36-34-15-14-33(45)26-35(34)48-38(36)40(53)46-18-21-49-22-24-50(25-23-49)41(54)31-16-19-51(20-17-31)42(55)56-43(2,3)4/h5-15,26-28,31,48H,16-25H2,1-4H3,(H,46,53)/t28-/m0/s1. The summed E-state index contributed by atoms with van der Waals surface area (Å²) in [6.45, 7) is 12.5. The van der Waals surface area contributed by atoms with E-state index in [1.807, 2.05) is 105 Å². The second kappa shape index (κ2) is 16.7. The van der Waals surface area contributed by atoms with Crippen LogP contribution in [-0.4, -0.2) is 105 Å². The Morgan fingerprint density at radius 2 is 1.57 bits per heavy atom. The van der Waals surface area contributed by atoms with Crippen molar-refractivity contribution in [3.63, 3.8) is 0 Å². The lowest BCUT2D eigenvalue weighted by atomic mass is 9.95. The van der Waals surface area contributed by atoms with Crippen molar-refractivity contribution in [2.24, 2.45) is 5.92 Å². The molecule has 4 heterocycles. The fourth-order valence-corrected chi connectivity index (χ4v) is 8.00. The molecule has 2 aliphatic heterocycles. The Balaban J connectivity index is 1.04. The summed E-state index contributed by atoms with van der Waals surface area (Å²) < 4.78 is 7.63. The molecule has 0 saturated carbocycles. The van der Waals surface area contributed by atoms with E-state index in [1.54, 1.807) is 4.90 Å². The highest BCUT2D eigenvalue weighted by Crippen LogP contribution is 2.41. The largest absolute Gasteiger partial charge is 0.444 e. The van der Waals surface area contributed by atoms with E-state index >= 15 is 0 Å². The van der Waals surface area contributed by atoms with Crippen LogP contribution in [0.25, 0.3) is 33.4 Å². The van der Waals surface area contributed by atoms with Crippen LogP contribution in [-0.2, 0) is 9.53 Å². The van der Waals surface area contributed by atoms with Gasteiger partial charge in [-0.25, -0.2) is 9.78 Å². The van der Waals surface area contributed by atoms with Crippen LogP contribution in [0.15, 0.2) is 79.1 Å². The molecule has 13 heteroatoms. The first-order valence-electron chi connectivity index (χ1n) is 19.3. The van der Waals surface area contributed by atoms with Gasteiger partial charge in [0.25, 0.3) is 5.91 Å². The summed E-state index contributed by atoms with van der Waals surface area (Å²) in [5.74, 6) is -0.162. The second-order valence-corrected chi connectivity index (χ2v) is 16.5. The number of carbonyl (C=O) groups excluding carboxylic acids is 3. The van der Waals surface area contributed by atoms with E-state index in [-0.39, 0.29) is 29.9 Å². The molecule has 2 N–H and O–H groups in total. The fourth-order valence-electron chi connectivity index (χ4n) is 7.70. The lowest BCUT2D eigenvalue weighted by Gasteiger charge is -2.38. The first kappa shape index (κ1) is 39.4. The molecule has 7 rings (SSSR count). The minimum atomic E-state index is -0.546. The number of piperidine rings is 1. The van der Waals surface area contributed by atoms with E-state index in [0.717, 1.165) is 52.1 Å². The van der Waals surface area contributed by atoms with Gasteiger partial charge in [-0.05, 0) is 70.4 Å². The predicted octanol–water partition coefficient (Wildman–Crippen LogP) is 8.14. The summed E-state index contributed by atoms with van der Waals surface area (Å²) in [4.78, 5) is 54.4. The molecule has 1 atom stereocenters. The number of hydrogen-bond acceptors (Lipinski definition) is 6. The molecule has 3 aromatic carbocycles. The Morgan fingerprint density at radius 1 is 0.893 bits per heavy atom. The van der Waals surface area contributed by atoms with Crippen LogP contribution in [0.2, 0.25) is 10.0 Å². The van der Waals surface area contributed by atoms with Gasteiger partial charge in [0, 0.05) is 90.4 Å². The maximum atomic E-state index is 14.2. The van der Waals surface area contributed by atoms with Crippen LogP contribution >= 0.6 is 23.2 Å². The molecule has 56 heavy (non-hydrogen) atoms. The van der Waals surface area contributed by atoms with Gasteiger partial charge in [0.05, 0.1) is 23.8 Å². The normalized spacial score (nSPS) is 16.2.